The monoisotopic (exact) mass is 805 g/mol. The number of amides is 6. The Balaban J connectivity index is 2.30. The maximum atomic E-state index is 13.9. The van der Waals surface area contributed by atoms with Gasteiger partial charge < -0.3 is 64.3 Å². The van der Waals surface area contributed by atoms with Crippen LogP contribution in [0.25, 0.3) is 10.9 Å². The average molecular weight is 806 g/mol. The van der Waals surface area contributed by atoms with E-state index in [-0.39, 0.29) is 43.4 Å². The van der Waals surface area contributed by atoms with Gasteiger partial charge in [0.05, 0.1) is 25.6 Å². The molecule has 56 heavy (non-hydrogen) atoms. The van der Waals surface area contributed by atoms with E-state index in [2.05, 4.69) is 54.5 Å². The Bertz CT molecular complexity index is 1750. The molecule has 1 aromatic carbocycles. The highest BCUT2D eigenvalue weighted by atomic mass is 32.1. The minimum atomic E-state index is -1.74. The number of benzene rings is 1. The van der Waals surface area contributed by atoms with Crippen LogP contribution in [0.1, 0.15) is 45.1 Å². The van der Waals surface area contributed by atoms with Gasteiger partial charge in [0.15, 0.2) is 5.96 Å². The summed E-state index contributed by atoms with van der Waals surface area (Å²) in [5.74, 6) is -8.61. The molecule has 308 valence electrons. The number of carbonyl (C=O) groups is 8. The lowest BCUT2D eigenvalue weighted by atomic mass is 9.98. The van der Waals surface area contributed by atoms with Crippen molar-refractivity contribution in [2.24, 2.45) is 28.1 Å². The number of nitrogens with zero attached hydrogens (tertiary/aromatic N) is 1. The third-order valence-corrected chi connectivity index (χ3v) is 8.93. The number of hydrogen-bond acceptors (Lipinski definition) is 11. The van der Waals surface area contributed by atoms with E-state index in [9.17, 15) is 43.5 Å². The van der Waals surface area contributed by atoms with Crippen LogP contribution in [0.15, 0.2) is 35.5 Å². The van der Waals surface area contributed by atoms with Crippen LogP contribution < -0.4 is 49.1 Å². The topological polar surface area (TPSA) is 355 Å². The van der Waals surface area contributed by atoms with Crippen molar-refractivity contribution in [1.29, 1.82) is 0 Å². The van der Waals surface area contributed by atoms with E-state index in [0.29, 0.717) is 17.4 Å². The molecule has 0 aliphatic carbocycles. The molecule has 0 saturated carbocycles. The minimum Gasteiger partial charge on any atom is -0.481 e. The highest BCUT2D eigenvalue weighted by molar-refractivity contribution is 7.80. The Hall–Kier alpha value is -5.90. The quantitative estimate of drug-likeness (QED) is 0.0215. The van der Waals surface area contributed by atoms with Crippen LogP contribution in [0.2, 0.25) is 0 Å². The van der Waals surface area contributed by atoms with Gasteiger partial charge in [0.25, 0.3) is 0 Å². The molecule has 0 fully saturated rings. The summed E-state index contributed by atoms with van der Waals surface area (Å²) in [6.07, 6.45) is 1.41. The summed E-state index contributed by atoms with van der Waals surface area (Å²) in [5.41, 5.74) is 18.2. The van der Waals surface area contributed by atoms with Crippen molar-refractivity contribution in [3.8, 4) is 0 Å². The van der Waals surface area contributed by atoms with E-state index < -0.39 is 97.1 Å². The molecule has 1 heterocycles. The number of aromatic amines is 1. The number of aromatic nitrogens is 1. The molecule has 0 unspecified atom stereocenters. The SMILES string of the molecule is CC[C@H](C)[C@H](N)C(=O)N[C@@H](CCCN=C(N)N)C(=O)N[C@@H](Cc1c[nH]c2ccccc12)C(=O)N[C@@H](CC(=O)O)C(=O)NCC(=O)NCC(=O)N[C@@H](CS)C(=O)O. The fourth-order valence-electron chi connectivity index (χ4n) is 5.17. The summed E-state index contributed by atoms with van der Waals surface area (Å²) in [5, 5.41) is 33.4. The standard InChI is InChI=1S/C34H51N11O10S/c1-3-17(2)28(35)32(53)43-21(9-6-10-38-34(36)37)30(51)44-22(11-18-13-39-20-8-5-4-7-19(18)20)31(52)45-23(12-27(48)49)29(50)41-14-25(46)40-15-26(47)42-24(16-56)33(54)55/h4-5,7-8,13,17,21-24,28,39,56H,3,6,9-12,14-16,35H2,1-2H3,(H,40,46)(H,41,50)(H,42,47)(H,43,53)(H,44,51)(H,45,52)(H,48,49)(H,54,55)(H4,36,37,38)/t17-,21-,22-,23-,24-,28-/m0/s1. The molecule has 0 spiro atoms. The number of guanidine groups is 1. The number of para-hydroxylation sites is 1. The van der Waals surface area contributed by atoms with Gasteiger partial charge in [0.1, 0.15) is 24.2 Å². The lowest BCUT2D eigenvalue weighted by Gasteiger charge is -2.26. The second kappa shape index (κ2) is 23.1. The molecular formula is C34H51N11O10S. The number of hydrogen-bond donors (Lipinski definition) is 13. The largest absolute Gasteiger partial charge is 0.481 e. The fraction of sp³-hybridized carbons (Fsp3) is 0.500. The van der Waals surface area contributed by atoms with Crippen molar-refractivity contribution in [2.75, 3.05) is 25.4 Å². The van der Waals surface area contributed by atoms with Crippen molar-refractivity contribution < 1.29 is 48.6 Å². The molecule has 0 aliphatic rings. The molecule has 1 aromatic heterocycles. The number of nitrogens with two attached hydrogens (primary N) is 3. The number of rotatable bonds is 24. The van der Waals surface area contributed by atoms with Crippen molar-refractivity contribution >= 4 is 76.9 Å². The lowest BCUT2D eigenvalue weighted by Crippen LogP contribution is -2.59. The predicted molar refractivity (Wildman–Crippen MR) is 207 cm³/mol. The Morgan fingerprint density at radius 3 is 2.07 bits per heavy atom. The zero-order valence-corrected chi connectivity index (χ0v) is 31.9. The third-order valence-electron chi connectivity index (χ3n) is 8.57. The van der Waals surface area contributed by atoms with Crippen molar-refractivity contribution in [2.45, 2.75) is 76.2 Å². The van der Waals surface area contributed by atoms with Crippen LogP contribution in [0.4, 0.5) is 0 Å². The summed E-state index contributed by atoms with van der Waals surface area (Å²) < 4.78 is 0. The number of nitrogens with one attached hydrogen (secondary N) is 7. The van der Waals surface area contributed by atoms with Crippen LogP contribution in [-0.4, -0.2) is 124 Å². The van der Waals surface area contributed by atoms with E-state index in [0.717, 1.165) is 5.52 Å². The molecule has 22 heteroatoms. The number of carbonyl (C=O) groups excluding carboxylic acids is 6. The van der Waals surface area contributed by atoms with Crippen molar-refractivity contribution in [1.82, 2.24) is 36.9 Å². The molecule has 6 amide bonds. The van der Waals surface area contributed by atoms with Crippen LogP contribution in [0, 0.1) is 5.92 Å². The molecule has 15 N–H and O–H groups in total. The summed E-state index contributed by atoms with van der Waals surface area (Å²) >= 11 is 3.83. The van der Waals surface area contributed by atoms with Crippen LogP contribution in [0.3, 0.4) is 0 Å². The fourth-order valence-corrected chi connectivity index (χ4v) is 5.42. The maximum Gasteiger partial charge on any atom is 0.327 e. The van der Waals surface area contributed by atoms with Gasteiger partial charge in [0.2, 0.25) is 35.4 Å². The molecule has 2 aromatic rings. The Kier molecular flexibility index (Phi) is 19.1. The number of fused-ring (bicyclic) bond motifs is 1. The first-order chi connectivity index (χ1) is 26.5. The Morgan fingerprint density at radius 2 is 1.45 bits per heavy atom. The van der Waals surface area contributed by atoms with Gasteiger partial charge >= 0.3 is 11.9 Å². The smallest absolute Gasteiger partial charge is 0.327 e. The Morgan fingerprint density at radius 1 is 0.821 bits per heavy atom. The van der Waals surface area contributed by atoms with Gasteiger partial charge in [-0.2, -0.15) is 12.6 Å². The summed E-state index contributed by atoms with van der Waals surface area (Å²) in [6.45, 7) is 2.36. The molecule has 21 nitrogen and oxygen atoms in total. The summed E-state index contributed by atoms with van der Waals surface area (Å²) in [6, 6.07) is 0.486. The minimum absolute atomic E-state index is 0.0338. The second-order valence-corrected chi connectivity index (χ2v) is 13.2. The van der Waals surface area contributed by atoms with Crippen LogP contribution in [-0.2, 0) is 44.8 Å². The van der Waals surface area contributed by atoms with Crippen LogP contribution in [0.5, 0.6) is 0 Å². The maximum absolute atomic E-state index is 13.9. The van der Waals surface area contributed by atoms with Gasteiger partial charge in [-0.05, 0) is 30.4 Å². The van der Waals surface area contributed by atoms with E-state index in [1.165, 1.54) is 0 Å². The van der Waals surface area contributed by atoms with E-state index in [1.54, 1.807) is 37.4 Å². The number of carboxylic acid groups (broad SMARTS) is 2. The molecule has 0 saturated heterocycles. The Labute approximate surface area is 327 Å². The molecule has 0 aliphatic heterocycles. The third kappa shape index (κ3) is 15.5. The highest BCUT2D eigenvalue weighted by Crippen LogP contribution is 2.19. The molecule has 2 rings (SSSR count). The van der Waals surface area contributed by atoms with Gasteiger partial charge in [0, 0.05) is 35.8 Å². The second-order valence-electron chi connectivity index (χ2n) is 12.8. The lowest BCUT2D eigenvalue weighted by molar-refractivity contribution is -0.141. The first kappa shape index (κ1) is 46.3. The summed E-state index contributed by atoms with van der Waals surface area (Å²) in [7, 11) is 0. The first-order valence-electron chi connectivity index (χ1n) is 17.6. The first-order valence-corrected chi connectivity index (χ1v) is 18.3. The zero-order chi connectivity index (χ0) is 41.9. The normalized spacial score (nSPS) is 14.1. The van der Waals surface area contributed by atoms with Crippen molar-refractivity contribution in [3.63, 3.8) is 0 Å². The van der Waals surface area contributed by atoms with Crippen LogP contribution >= 0.6 is 12.6 Å². The van der Waals surface area contributed by atoms with Gasteiger partial charge in [-0.25, -0.2) is 4.79 Å². The number of thiol groups is 1. The number of carboxylic acids is 2. The molecule has 0 bridgehead atoms. The van der Waals surface area contributed by atoms with E-state index >= 15 is 0 Å². The number of aliphatic imine (C=N–C) groups is 1. The van der Waals surface area contributed by atoms with E-state index in [4.69, 9.17) is 22.3 Å². The predicted octanol–water partition coefficient (Wildman–Crippen LogP) is -3.20. The molecular weight excluding hydrogens is 755 g/mol. The molecule has 6 atom stereocenters. The molecule has 0 radical (unpaired) electrons. The zero-order valence-electron chi connectivity index (χ0n) is 31.0. The van der Waals surface area contributed by atoms with E-state index in [1.807, 2.05) is 6.92 Å². The highest BCUT2D eigenvalue weighted by Gasteiger charge is 2.32. The number of H-pyrrole nitrogens is 1. The van der Waals surface area contributed by atoms with Crippen molar-refractivity contribution in [3.05, 3.63) is 36.0 Å². The number of aliphatic carboxylic acids is 2. The van der Waals surface area contributed by atoms with Gasteiger partial charge in [-0.3, -0.25) is 38.6 Å². The average Bonchev–Trinajstić information content (AvgIpc) is 3.56. The van der Waals surface area contributed by atoms with Gasteiger partial charge in [-0.15, -0.1) is 0 Å². The summed E-state index contributed by atoms with van der Waals surface area (Å²) in [4.78, 5) is 108. The van der Waals surface area contributed by atoms with Gasteiger partial charge in [-0.1, -0.05) is 38.5 Å².